The third kappa shape index (κ3) is 15.7. The zero-order valence-electron chi connectivity index (χ0n) is 58.5. The van der Waals surface area contributed by atoms with Crippen LogP contribution in [0.2, 0.25) is 0 Å². The van der Waals surface area contributed by atoms with Gasteiger partial charge < -0.3 is 0 Å². The summed E-state index contributed by atoms with van der Waals surface area (Å²) >= 11 is 0. The lowest BCUT2D eigenvalue weighted by Gasteiger charge is -2.33. The largest absolute Gasteiger partial charge is 0.243 e. The van der Waals surface area contributed by atoms with E-state index < -0.39 is 60.1 Å². The molecule has 24 heteroatoms. The summed E-state index contributed by atoms with van der Waals surface area (Å²) in [5.41, 5.74) is 10.5. The lowest BCUT2D eigenvalue weighted by molar-refractivity contribution is 0.341. The van der Waals surface area contributed by atoms with Crippen molar-refractivity contribution in [3.63, 3.8) is 0 Å². The van der Waals surface area contributed by atoms with Crippen molar-refractivity contribution in [1.29, 1.82) is 0 Å². The van der Waals surface area contributed by atoms with E-state index in [1.54, 1.807) is 114 Å². The van der Waals surface area contributed by atoms with Crippen LogP contribution in [0.4, 0.5) is 0 Å². The fourth-order valence-electron chi connectivity index (χ4n) is 13.4. The predicted molar refractivity (Wildman–Crippen MR) is 388 cm³/mol. The third-order valence-corrected chi connectivity index (χ3v) is 31.0. The molecular weight excluding hydrogens is 1370 g/mol. The number of fused-ring (bicyclic) bond motifs is 18. The molecule has 0 spiro atoms. The molecule has 0 unspecified atom stereocenters. The number of aryl methyl sites for hydroxylation is 6. The maximum absolute atomic E-state index is 15.7. The Morgan fingerprint density at radius 1 is 0.192 bits per heavy atom. The molecule has 0 saturated carbocycles. The summed E-state index contributed by atoms with van der Waals surface area (Å²) in [6.45, 7) is 18.2. The molecule has 6 bridgehead atoms. The minimum Gasteiger partial charge on any atom is -0.207 e. The van der Waals surface area contributed by atoms with E-state index in [9.17, 15) is 0 Å². The predicted octanol–water partition coefficient (Wildman–Crippen LogP) is 12.4. The zero-order chi connectivity index (χ0) is 71.9. The number of nitrogens with zero attached hydrogens (tertiary/aromatic N) is 6. The first-order valence-corrected chi connectivity index (χ1v) is 41.8. The Morgan fingerprint density at radius 3 is 0.414 bits per heavy atom. The van der Waals surface area contributed by atoms with Crippen molar-refractivity contribution in [3.05, 3.63) is 246 Å². The highest BCUT2D eigenvalue weighted by Crippen LogP contribution is 2.38. The molecule has 528 valence electrons. The number of benzene rings is 8. The van der Waals surface area contributed by atoms with Crippen molar-refractivity contribution in [2.75, 3.05) is 39.3 Å². The molecule has 3 aliphatic rings. The maximum atomic E-state index is 15.7. The van der Waals surface area contributed by atoms with Crippen molar-refractivity contribution in [1.82, 2.24) is 25.8 Å². The second kappa shape index (κ2) is 29.7. The molecule has 0 aliphatic carbocycles. The Bertz CT molecular complexity index is 4190. The van der Waals surface area contributed by atoms with Gasteiger partial charge in [-0.2, -0.15) is 25.8 Å². The van der Waals surface area contributed by atoms with Crippen molar-refractivity contribution in [2.24, 2.45) is 0 Å². The summed E-state index contributed by atoms with van der Waals surface area (Å²) in [7, 11) is -26.9. The lowest BCUT2D eigenvalue weighted by Crippen LogP contribution is -2.39. The number of rotatable bonds is 12. The van der Waals surface area contributed by atoms with Gasteiger partial charge in [0.15, 0.2) is 0 Å². The van der Waals surface area contributed by atoms with Gasteiger partial charge in [-0.3, -0.25) is 0 Å². The highest BCUT2D eigenvalue weighted by molar-refractivity contribution is 7.90. The van der Waals surface area contributed by atoms with E-state index in [0.717, 1.165) is 33.4 Å². The molecule has 0 amide bonds. The molecule has 99 heavy (non-hydrogen) atoms. The molecule has 8 aromatic rings. The molecule has 0 radical (unpaired) electrons. The molecule has 0 aromatic heterocycles. The summed E-state index contributed by atoms with van der Waals surface area (Å²) in [4.78, 5) is -0.180. The number of hydrogen-bond acceptors (Lipinski definition) is 12. The van der Waals surface area contributed by atoms with Crippen LogP contribution in [-0.2, 0) is 99.4 Å². The monoisotopic (exact) mass is 1460 g/mol. The average molecular weight is 1460 g/mol. The third-order valence-electron chi connectivity index (χ3n) is 19.8. The minimum atomic E-state index is -4.48. The van der Waals surface area contributed by atoms with Gasteiger partial charge in [0.05, 0.1) is 29.4 Å². The Morgan fingerprint density at radius 2 is 0.303 bits per heavy atom. The second-order valence-electron chi connectivity index (χ2n) is 26.6. The first kappa shape index (κ1) is 74.9. The Kier molecular flexibility index (Phi) is 22.4. The maximum Gasteiger partial charge on any atom is 0.243 e. The first-order chi connectivity index (χ1) is 46.5. The minimum absolute atomic E-state index is 0.0300. The Hall–Kier alpha value is -6.78. The van der Waals surface area contributed by atoms with Gasteiger partial charge in [0, 0.05) is 78.5 Å². The molecular formula is C75H90N6O12S6. The van der Waals surface area contributed by atoms with Crippen molar-refractivity contribution < 1.29 is 50.5 Å². The molecule has 18 nitrogen and oxygen atoms in total. The smallest absolute Gasteiger partial charge is 0.207 e. The van der Waals surface area contributed by atoms with Gasteiger partial charge >= 0.3 is 0 Å². The van der Waals surface area contributed by atoms with Gasteiger partial charge in [-0.1, -0.05) is 106 Å². The molecule has 11 rings (SSSR count). The van der Waals surface area contributed by atoms with E-state index >= 15 is 50.5 Å². The molecule has 8 aromatic carbocycles. The van der Waals surface area contributed by atoms with E-state index in [1.165, 1.54) is 98.6 Å². The van der Waals surface area contributed by atoms with E-state index in [4.69, 9.17) is 0 Å². The fraction of sp³-hybridized carbons (Fsp3) is 0.360. The van der Waals surface area contributed by atoms with Crippen LogP contribution < -0.4 is 0 Å². The van der Waals surface area contributed by atoms with Crippen LogP contribution in [0.1, 0.15) is 119 Å². The molecule has 3 aliphatic heterocycles. The molecule has 0 N–H and O–H groups in total. The van der Waals surface area contributed by atoms with E-state index in [2.05, 4.69) is 0 Å². The van der Waals surface area contributed by atoms with Crippen LogP contribution in [0.15, 0.2) is 175 Å². The summed E-state index contributed by atoms with van der Waals surface area (Å²) in [6, 6.07) is 38.5. The Labute approximate surface area is 588 Å². The van der Waals surface area contributed by atoms with Crippen molar-refractivity contribution in [2.45, 2.75) is 171 Å². The summed E-state index contributed by atoms with van der Waals surface area (Å²) < 4.78 is 196. The van der Waals surface area contributed by atoms with Gasteiger partial charge in [0.2, 0.25) is 60.1 Å². The van der Waals surface area contributed by atoms with E-state index in [1.807, 2.05) is 41.5 Å². The van der Waals surface area contributed by atoms with Gasteiger partial charge in [0.25, 0.3) is 0 Å². The SMILES string of the molecule is Cc1ccc(S(=O)(=O)N2CCCN(S(=O)(=O)c3ccc(C)cc3)Cc3c(C)c4c(C)c(c3C)CN(S(=O)(=O)c3ccc(C)cc3)CCCN(S(=O)(=O)c3ccc(C)cc3)Cc3c(C)c(c(C)c(c3C)CN(S(=O)(=O)c3ccc(C)cc3)CCCN(S(=O)(=O)c3ccc(C)cc3)C4)C2)cc1. The van der Waals surface area contributed by atoms with Crippen LogP contribution >= 0.6 is 0 Å². The fourth-order valence-corrected chi connectivity index (χ4v) is 22.1. The van der Waals surface area contributed by atoms with E-state index in [-0.39, 0.29) is 127 Å². The second-order valence-corrected chi connectivity index (χ2v) is 38.2. The number of sulfonamides is 6. The van der Waals surface area contributed by atoms with Crippen molar-refractivity contribution in [3.8, 4) is 0 Å². The van der Waals surface area contributed by atoms with Crippen LogP contribution in [0.25, 0.3) is 0 Å². The Balaban J connectivity index is 1.32. The van der Waals surface area contributed by atoms with Crippen LogP contribution in [0.5, 0.6) is 0 Å². The topological polar surface area (TPSA) is 224 Å². The summed E-state index contributed by atoms with van der Waals surface area (Å²) in [6.07, 6.45) is -0.251. The van der Waals surface area contributed by atoms with Gasteiger partial charge in [0.1, 0.15) is 0 Å². The standard InChI is InChI=1S/C75H90N6O12S6/c1-52-16-28-64(29-17-52)94(82,83)76-40-13-41-77(95(84,85)65-30-18-53(2)19-31-65)49-73-61(10)74-50-80(98(90,91)68-36-24-56(5)25-37-68)44-14-42-78(96(86,87)66-32-20-54(3)21-33-66)47-71-58(7)70(46-76)59(8)72(60(71)9)48-79(97(88,89)67-34-22-55(4)23-35-67)43-15-45-81(51-75(62(73)11)63(74)12)99(92,93)69-38-26-57(6)27-39-69/h16-39H,13-15,40-51H2,1-12H3. The van der Waals surface area contributed by atoms with Crippen molar-refractivity contribution >= 4 is 60.1 Å². The summed E-state index contributed by atoms with van der Waals surface area (Å²) in [5.74, 6) is 0. The molecule has 0 fully saturated rings. The lowest BCUT2D eigenvalue weighted by atomic mass is 9.87. The molecule has 0 saturated heterocycles. The summed E-state index contributed by atoms with van der Waals surface area (Å²) in [5, 5.41) is 0. The average Bonchev–Trinajstić information content (AvgIpc) is 0.760. The van der Waals surface area contributed by atoms with Gasteiger partial charge in [-0.05, 0) is 242 Å². The van der Waals surface area contributed by atoms with E-state index in [0.29, 0.717) is 66.8 Å². The first-order valence-electron chi connectivity index (χ1n) is 33.2. The quantitative estimate of drug-likeness (QED) is 0.111. The van der Waals surface area contributed by atoms with Crippen LogP contribution in [-0.4, -0.2) is 116 Å². The normalized spacial score (nSPS) is 16.7. The molecule has 0 atom stereocenters. The van der Waals surface area contributed by atoms with Gasteiger partial charge in [-0.15, -0.1) is 0 Å². The van der Waals surface area contributed by atoms with Crippen LogP contribution in [0.3, 0.4) is 0 Å². The number of hydrogen-bond donors (Lipinski definition) is 0. The highest BCUT2D eigenvalue weighted by atomic mass is 32.2. The highest BCUT2D eigenvalue weighted by Gasteiger charge is 2.38. The van der Waals surface area contributed by atoms with Gasteiger partial charge in [-0.25, -0.2) is 50.5 Å². The molecule has 3 heterocycles. The zero-order valence-corrected chi connectivity index (χ0v) is 63.4. The van der Waals surface area contributed by atoms with Crippen LogP contribution in [0, 0.1) is 83.1 Å².